The summed E-state index contributed by atoms with van der Waals surface area (Å²) < 4.78 is 0. The molecule has 36 heavy (non-hydrogen) atoms. The Morgan fingerprint density at radius 2 is 0.556 bits per heavy atom. The summed E-state index contributed by atoms with van der Waals surface area (Å²) in [5.41, 5.74) is 0. The normalized spacial score (nSPS) is 12.2. The highest BCUT2D eigenvalue weighted by atomic mass is 14.0. The maximum Gasteiger partial charge on any atom is -0.0169 e. The fraction of sp³-hybridized carbons (Fsp3) is 0.806. The molecule has 0 aromatic carbocycles. The summed E-state index contributed by atoms with van der Waals surface area (Å²) >= 11 is 0. The van der Waals surface area contributed by atoms with Crippen LogP contribution in [0.4, 0.5) is 0 Å². The minimum Gasteiger partial charge on any atom is -0.0885 e. The van der Waals surface area contributed by atoms with E-state index in [1.165, 1.54) is 167 Å². The number of hydrogen-bond acceptors (Lipinski definition) is 0. The van der Waals surface area contributed by atoms with Crippen LogP contribution >= 0.6 is 0 Å². The van der Waals surface area contributed by atoms with E-state index >= 15 is 0 Å². The van der Waals surface area contributed by atoms with Gasteiger partial charge in [0.1, 0.15) is 0 Å². The summed E-state index contributed by atoms with van der Waals surface area (Å²) in [6.07, 6.45) is 53.9. The maximum absolute atomic E-state index is 2.56. The molecule has 0 aromatic heterocycles. The second-order valence-corrected chi connectivity index (χ2v) is 11.0. The summed E-state index contributed by atoms with van der Waals surface area (Å²) in [7, 11) is 0. The van der Waals surface area contributed by atoms with Gasteiger partial charge in [0.15, 0.2) is 0 Å². The van der Waals surface area contributed by atoms with Gasteiger partial charge < -0.3 is 0 Å². The molecule has 0 bridgehead atoms. The summed E-state index contributed by atoms with van der Waals surface area (Å²) in [6, 6.07) is 0. The van der Waals surface area contributed by atoms with Crippen molar-refractivity contribution >= 4 is 0 Å². The van der Waals surface area contributed by atoms with Crippen LogP contribution in [0, 0.1) is 6.42 Å². The Bertz CT molecular complexity index is 455. The number of unbranched alkanes of at least 4 members (excludes halogenated alkanes) is 24. The van der Waals surface area contributed by atoms with Crippen LogP contribution < -0.4 is 0 Å². The van der Waals surface area contributed by atoms with E-state index in [4.69, 9.17) is 0 Å². The van der Waals surface area contributed by atoms with E-state index < -0.39 is 0 Å². The SMILES string of the molecule is CCCCC/C=C\C/C=C\CCCCCCCC[CH]CCCCCCC/C=C\CCCCCCCC. The molecule has 0 amide bonds. The number of rotatable bonds is 30. The van der Waals surface area contributed by atoms with Gasteiger partial charge in [0.25, 0.3) is 0 Å². The van der Waals surface area contributed by atoms with Gasteiger partial charge in [-0.1, -0.05) is 166 Å². The van der Waals surface area contributed by atoms with E-state index in [0.717, 1.165) is 6.42 Å². The predicted molar refractivity (Wildman–Crippen MR) is 168 cm³/mol. The van der Waals surface area contributed by atoms with Crippen LogP contribution in [0.15, 0.2) is 36.5 Å². The largest absolute Gasteiger partial charge is 0.0885 e. The lowest BCUT2D eigenvalue weighted by atomic mass is 10.0. The average molecular weight is 500 g/mol. The zero-order valence-corrected chi connectivity index (χ0v) is 25.1. The van der Waals surface area contributed by atoms with Crippen molar-refractivity contribution in [2.45, 2.75) is 187 Å². The Labute approximate surface area is 229 Å². The van der Waals surface area contributed by atoms with E-state index in [9.17, 15) is 0 Å². The minimum absolute atomic E-state index is 1.12. The molecule has 0 spiro atoms. The smallest absolute Gasteiger partial charge is 0.0169 e. The lowest BCUT2D eigenvalue weighted by Crippen LogP contribution is -1.84. The van der Waals surface area contributed by atoms with E-state index in [0.29, 0.717) is 0 Å². The van der Waals surface area contributed by atoms with Crippen LogP contribution in [-0.2, 0) is 0 Å². The van der Waals surface area contributed by atoms with Gasteiger partial charge in [-0.25, -0.2) is 0 Å². The van der Waals surface area contributed by atoms with E-state index in [2.05, 4.69) is 56.7 Å². The third kappa shape index (κ3) is 33.2. The molecule has 0 saturated carbocycles. The second-order valence-electron chi connectivity index (χ2n) is 11.0. The van der Waals surface area contributed by atoms with E-state index in [-0.39, 0.29) is 0 Å². The van der Waals surface area contributed by atoms with Gasteiger partial charge in [0.05, 0.1) is 0 Å². The first-order valence-electron chi connectivity index (χ1n) is 16.7. The van der Waals surface area contributed by atoms with Crippen molar-refractivity contribution in [1.29, 1.82) is 0 Å². The Morgan fingerprint density at radius 1 is 0.278 bits per heavy atom. The van der Waals surface area contributed by atoms with Crippen LogP contribution in [0.2, 0.25) is 0 Å². The first-order chi connectivity index (χ1) is 17.9. The van der Waals surface area contributed by atoms with Gasteiger partial charge in [0.2, 0.25) is 0 Å². The molecule has 0 N–H and O–H groups in total. The molecule has 0 rings (SSSR count). The average Bonchev–Trinajstić information content (AvgIpc) is 2.89. The number of allylic oxidation sites excluding steroid dienone is 6. The molecule has 0 heterocycles. The van der Waals surface area contributed by atoms with Gasteiger partial charge >= 0.3 is 0 Å². The lowest BCUT2D eigenvalue weighted by molar-refractivity contribution is 0.579. The van der Waals surface area contributed by atoms with Crippen LogP contribution in [0.5, 0.6) is 0 Å². The third-order valence-electron chi connectivity index (χ3n) is 7.28. The Hall–Kier alpha value is -0.780. The second kappa shape index (κ2) is 34.2. The first-order valence-corrected chi connectivity index (χ1v) is 16.7. The maximum atomic E-state index is 2.56. The van der Waals surface area contributed by atoms with Crippen LogP contribution in [0.1, 0.15) is 187 Å². The highest BCUT2D eigenvalue weighted by Gasteiger charge is 1.95. The molecule has 0 saturated heterocycles. The van der Waals surface area contributed by atoms with Crippen molar-refractivity contribution < 1.29 is 0 Å². The van der Waals surface area contributed by atoms with Crippen molar-refractivity contribution in [3.63, 3.8) is 0 Å². The highest BCUT2D eigenvalue weighted by Crippen LogP contribution is 2.14. The molecular weight excluding hydrogens is 432 g/mol. The molecule has 0 aliphatic heterocycles. The lowest BCUT2D eigenvalue weighted by Gasteiger charge is -2.03. The predicted octanol–water partition coefficient (Wildman–Crippen LogP) is 13.4. The van der Waals surface area contributed by atoms with Gasteiger partial charge in [-0.2, -0.15) is 0 Å². The van der Waals surface area contributed by atoms with E-state index in [1.54, 1.807) is 0 Å². The van der Waals surface area contributed by atoms with Crippen molar-refractivity contribution in [2.75, 3.05) is 0 Å². The Balaban J connectivity index is 3.13. The molecule has 0 heteroatoms. The quantitative estimate of drug-likeness (QED) is 0.0680. The van der Waals surface area contributed by atoms with E-state index in [1.807, 2.05) is 0 Å². The third-order valence-corrected chi connectivity index (χ3v) is 7.28. The molecule has 0 fully saturated rings. The fourth-order valence-corrected chi connectivity index (χ4v) is 4.78. The van der Waals surface area contributed by atoms with Crippen molar-refractivity contribution in [3.8, 4) is 0 Å². The van der Waals surface area contributed by atoms with Gasteiger partial charge in [-0.05, 0) is 64.2 Å². The summed E-state index contributed by atoms with van der Waals surface area (Å²) in [6.45, 7) is 4.56. The summed E-state index contributed by atoms with van der Waals surface area (Å²) in [5, 5.41) is 0. The van der Waals surface area contributed by atoms with Crippen LogP contribution in [0.25, 0.3) is 0 Å². The van der Waals surface area contributed by atoms with Crippen LogP contribution in [-0.4, -0.2) is 0 Å². The zero-order valence-electron chi connectivity index (χ0n) is 25.1. The zero-order chi connectivity index (χ0) is 26.0. The first kappa shape index (κ1) is 35.2. The van der Waals surface area contributed by atoms with Crippen molar-refractivity contribution in [1.82, 2.24) is 0 Å². The number of hydrogen-bond donors (Lipinski definition) is 0. The standard InChI is InChI=1S/C36H67/c1-3-5-7-9-11-13-15-17-19-21-23-25-27-29-31-33-35-36-34-32-30-28-26-24-22-20-18-16-14-12-10-8-6-4-2/h11,13,17-20,36H,3-10,12,14-16,21-35H2,1-2H3/b13-11-,19-17-,20-18-. The fourth-order valence-electron chi connectivity index (χ4n) is 4.78. The molecule has 211 valence electrons. The van der Waals surface area contributed by atoms with Gasteiger partial charge in [0, 0.05) is 0 Å². The molecule has 0 atom stereocenters. The molecular formula is C36H67. The topological polar surface area (TPSA) is 0 Å². The van der Waals surface area contributed by atoms with Crippen molar-refractivity contribution in [3.05, 3.63) is 42.9 Å². The summed E-state index contributed by atoms with van der Waals surface area (Å²) in [5.74, 6) is 0. The van der Waals surface area contributed by atoms with Gasteiger partial charge in [-0.15, -0.1) is 0 Å². The van der Waals surface area contributed by atoms with Gasteiger partial charge in [-0.3, -0.25) is 0 Å². The molecule has 0 aromatic rings. The summed E-state index contributed by atoms with van der Waals surface area (Å²) in [4.78, 5) is 0. The van der Waals surface area contributed by atoms with Crippen LogP contribution in [0.3, 0.4) is 0 Å². The highest BCUT2D eigenvalue weighted by molar-refractivity contribution is 4.92. The minimum atomic E-state index is 1.12. The molecule has 1 radical (unpaired) electrons. The Kier molecular flexibility index (Phi) is 33.5. The molecule has 0 unspecified atom stereocenters. The van der Waals surface area contributed by atoms with Crippen molar-refractivity contribution in [2.24, 2.45) is 0 Å². The molecule has 0 aliphatic rings. The Morgan fingerprint density at radius 3 is 0.972 bits per heavy atom. The monoisotopic (exact) mass is 500 g/mol. The molecule has 0 nitrogen and oxygen atoms in total. The molecule has 0 aliphatic carbocycles.